The van der Waals surface area contributed by atoms with Gasteiger partial charge in [0.1, 0.15) is 5.75 Å². The van der Waals surface area contributed by atoms with Crippen molar-refractivity contribution in [1.82, 2.24) is 9.78 Å². The largest absolute Gasteiger partial charge is 0.493 e. The van der Waals surface area contributed by atoms with Crippen LogP contribution >= 0.6 is 0 Å². The van der Waals surface area contributed by atoms with E-state index in [-0.39, 0.29) is 0 Å². The van der Waals surface area contributed by atoms with Crippen LogP contribution in [-0.2, 0) is 18.4 Å². The zero-order chi connectivity index (χ0) is 14.9. The lowest BCUT2D eigenvalue weighted by Gasteiger charge is -2.33. The van der Waals surface area contributed by atoms with E-state index in [2.05, 4.69) is 24.2 Å². The number of ether oxygens (including phenoxy) is 1. The van der Waals surface area contributed by atoms with Gasteiger partial charge in [0.2, 0.25) is 0 Å². The Balaban J connectivity index is 2.05. The maximum atomic E-state index is 9.88. The molecule has 0 bridgehead atoms. The molecule has 1 aromatic heterocycles. The molecule has 21 heavy (non-hydrogen) atoms. The molecule has 0 aliphatic carbocycles. The minimum absolute atomic E-state index is 0.520. The molecule has 0 saturated carbocycles. The van der Waals surface area contributed by atoms with Crippen LogP contribution in [0.2, 0.25) is 0 Å². The Bertz CT molecular complexity index is 698. The Hall–Kier alpha value is -2.28. The Morgan fingerprint density at radius 1 is 1.43 bits per heavy atom. The van der Waals surface area contributed by atoms with Gasteiger partial charge in [0, 0.05) is 30.6 Å². The van der Waals surface area contributed by atoms with Gasteiger partial charge in [-0.05, 0) is 26.0 Å². The molecule has 0 saturated heterocycles. The summed E-state index contributed by atoms with van der Waals surface area (Å²) >= 11 is 0. The number of nitriles is 1. The maximum absolute atomic E-state index is 9.88. The maximum Gasteiger partial charge on any atom is 0.124 e. The normalized spacial score (nSPS) is 20.4. The highest BCUT2D eigenvalue weighted by Gasteiger charge is 2.39. The summed E-state index contributed by atoms with van der Waals surface area (Å²) in [6.07, 6.45) is 1.40. The van der Waals surface area contributed by atoms with E-state index in [1.807, 2.05) is 35.9 Å². The standard InChI is InChI=1S/C17H19N3O/c1-3-20-14(10-13(2)19-20)11-17(12-18)8-9-21-16-7-5-4-6-15(16)17/h4-7,10H,3,8-9,11H2,1-2H3. The number of rotatable bonds is 3. The molecule has 1 aliphatic rings. The molecule has 0 amide bonds. The van der Waals surface area contributed by atoms with Crippen molar-refractivity contribution in [1.29, 1.82) is 5.26 Å². The fraction of sp³-hybridized carbons (Fsp3) is 0.412. The number of benzene rings is 1. The van der Waals surface area contributed by atoms with Crippen molar-refractivity contribution in [3.63, 3.8) is 0 Å². The van der Waals surface area contributed by atoms with Crippen LogP contribution in [0.15, 0.2) is 30.3 Å². The third-order valence-electron chi connectivity index (χ3n) is 4.17. The lowest BCUT2D eigenvalue weighted by atomic mass is 9.74. The zero-order valence-corrected chi connectivity index (χ0v) is 12.5. The first-order chi connectivity index (χ1) is 10.2. The summed E-state index contributed by atoms with van der Waals surface area (Å²) in [6.45, 7) is 5.48. The van der Waals surface area contributed by atoms with E-state index >= 15 is 0 Å². The summed E-state index contributed by atoms with van der Waals surface area (Å²) in [4.78, 5) is 0. The van der Waals surface area contributed by atoms with E-state index < -0.39 is 5.41 Å². The highest BCUT2D eigenvalue weighted by Crippen LogP contribution is 2.40. The third-order valence-corrected chi connectivity index (χ3v) is 4.17. The van der Waals surface area contributed by atoms with Crippen molar-refractivity contribution in [2.45, 2.75) is 38.6 Å². The van der Waals surface area contributed by atoms with Crippen molar-refractivity contribution in [3.05, 3.63) is 47.3 Å². The first kappa shape index (κ1) is 13.7. The average Bonchev–Trinajstić information content (AvgIpc) is 2.87. The average molecular weight is 281 g/mol. The number of nitrogens with zero attached hydrogens (tertiary/aromatic N) is 3. The molecule has 108 valence electrons. The second-order valence-corrected chi connectivity index (χ2v) is 5.56. The Kier molecular flexibility index (Phi) is 3.42. The van der Waals surface area contributed by atoms with E-state index in [1.54, 1.807) is 0 Å². The van der Waals surface area contributed by atoms with Crippen LogP contribution in [0.25, 0.3) is 0 Å². The SMILES string of the molecule is CCn1nc(C)cc1CC1(C#N)CCOc2ccccc21. The first-order valence-corrected chi connectivity index (χ1v) is 7.35. The van der Waals surface area contributed by atoms with Crippen LogP contribution < -0.4 is 4.74 Å². The fourth-order valence-electron chi connectivity index (χ4n) is 3.12. The zero-order valence-electron chi connectivity index (χ0n) is 12.5. The highest BCUT2D eigenvalue weighted by molar-refractivity contribution is 5.46. The molecule has 3 rings (SSSR count). The summed E-state index contributed by atoms with van der Waals surface area (Å²) in [5, 5.41) is 14.4. The molecule has 1 aliphatic heterocycles. The van der Waals surface area contributed by atoms with Gasteiger partial charge in [0.05, 0.1) is 23.8 Å². The monoisotopic (exact) mass is 281 g/mol. The van der Waals surface area contributed by atoms with Crippen molar-refractivity contribution in [2.75, 3.05) is 6.61 Å². The van der Waals surface area contributed by atoms with E-state index in [0.29, 0.717) is 19.4 Å². The highest BCUT2D eigenvalue weighted by atomic mass is 16.5. The summed E-state index contributed by atoms with van der Waals surface area (Å²) in [5.41, 5.74) is 2.60. The number of aryl methyl sites for hydroxylation is 2. The van der Waals surface area contributed by atoms with E-state index in [4.69, 9.17) is 4.74 Å². The van der Waals surface area contributed by atoms with E-state index in [0.717, 1.165) is 29.2 Å². The van der Waals surface area contributed by atoms with Gasteiger partial charge in [-0.25, -0.2) is 0 Å². The second-order valence-electron chi connectivity index (χ2n) is 5.56. The molecule has 2 heterocycles. The molecule has 1 unspecified atom stereocenters. The van der Waals surface area contributed by atoms with Crippen LogP contribution in [0.3, 0.4) is 0 Å². The Morgan fingerprint density at radius 3 is 3.00 bits per heavy atom. The van der Waals surface area contributed by atoms with Gasteiger partial charge >= 0.3 is 0 Å². The van der Waals surface area contributed by atoms with Crippen LogP contribution in [0.4, 0.5) is 0 Å². The van der Waals surface area contributed by atoms with Gasteiger partial charge in [-0.2, -0.15) is 10.4 Å². The van der Waals surface area contributed by atoms with Crippen molar-refractivity contribution in [2.24, 2.45) is 0 Å². The Morgan fingerprint density at radius 2 is 2.24 bits per heavy atom. The summed E-state index contributed by atoms with van der Waals surface area (Å²) < 4.78 is 7.70. The van der Waals surface area contributed by atoms with Crippen LogP contribution in [0, 0.1) is 18.3 Å². The van der Waals surface area contributed by atoms with Gasteiger partial charge in [-0.3, -0.25) is 4.68 Å². The van der Waals surface area contributed by atoms with Crippen molar-refractivity contribution >= 4 is 0 Å². The minimum Gasteiger partial charge on any atom is -0.493 e. The van der Waals surface area contributed by atoms with Crippen molar-refractivity contribution < 1.29 is 4.74 Å². The van der Waals surface area contributed by atoms with Gasteiger partial charge in [-0.15, -0.1) is 0 Å². The lowest BCUT2D eigenvalue weighted by Crippen LogP contribution is -2.34. The minimum atomic E-state index is -0.520. The van der Waals surface area contributed by atoms with E-state index in [1.165, 1.54) is 0 Å². The molecular weight excluding hydrogens is 262 g/mol. The smallest absolute Gasteiger partial charge is 0.124 e. The summed E-state index contributed by atoms with van der Waals surface area (Å²) in [7, 11) is 0. The van der Waals surface area contributed by atoms with Crippen molar-refractivity contribution in [3.8, 4) is 11.8 Å². The van der Waals surface area contributed by atoms with Gasteiger partial charge in [0.25, 0.3) is 0 Å². The number of hydrogen-bond acceptors (Lipinski definition) is 3. The fourth-order valence-corrected chi connectivity index (χ4v) is 3.12. The van der Waals surface area contributed by atoms with Crippen LogP contribution in [0.5, 0.6) is 5.75 Å². The summed E-state index contributed by atoms with van der Waals surface area (Å²) in [5.74, 6) is 0.838. The summed E-state index contributed by atoms with van der Waals surface area (Å²) in [6, 6.07) is 12.5. The lowest BCUT2D eigenvalue weighted by molar-refractivity contribution is 0.239. The molecule has 0 radical (unpaired) electrons. The molecular formula is C17H19N3O. The topological polar surface area (TPSA) is 50.8 Å². The molecule has 0 N–H and O–H groups in total. The molecule has 4 heteroatoms. The molecule has 0 spiro atoms. The van der Waals surface area contributed by atoms with Crippen LogP contribution in [-0.4, -0.2) is 16.4 Å². The number of aromatic nitrogens is 2. The predicted octanol–water partition coefficient (Wildman–Crippen LogP) is 3.00. The number of para-hydroxylation sites is 1. The molecule has 4 nitrogen and oxygen atoms in total. The second kappa shape index (κ2) is 5.25. The third kappa shape index (κ3) is 2.29. The molecule has 1 aromatic carbocycles. The number of hydrogen-bond donors (Lipinski definition) is 0. The van der Waals surface area contributed by atoms with Crippen LogP contribution in [0.1, 0.15) is 30.3 Å². The molecule has 2 aromatic rings. The first-order valence-electron chi connectivity index (χ1n) is 7.35. The van der Waals surface area contributed by atoms with Gasteiger partial charge in [-0.1, -0.05) is 18.2 Å². The van der Waals surface area contributed by atoms with E-state index in [9.17, 15) is 5.26 Å². The molecule has 0 fully saturated rings. The quantitative estimate of drug-likeness (QED) is 0.869. The Labute approximate surface area is 125 Å². The van der Waals surface area contributed by atoms with Gasteiger partial charge in [0.15, 0.2) is 0 Å². The predicted molar refractivity (Wildman–Crippen MR) is 80.2 cm³/mol. The van der Waals surface area contributed by atoms with Gasteiger partial charge < -0.3 is 4.74 Å². The number of fused-ring (bicyclic) bond motifs is 1. The molecule has 1 atom stereocenters.